The van der Waals surface area contributed by atoms with Crippen molar-refractivity contribution in [2.45, 2.75) is 32.2 Å². The lowest BCUT2D eigenvalue weighted by atomic mass is 10.1. The van der Waals surface area contributed by atoms with Gasteiger partial charge in [0.15, 0.2) is 0 Å². The van der Waals surface area contributed by atoms with Gasteiger partial charge < -0.3 is 5.11 Å². The molecule has 0 radical (unpaired) electrons. The maximum atomic E-state index is 11.3. The molecule has 1 aliphatic rings. The molecule has 0 amide bonds. The zero-order valence-corrected chi connectivity index (χ0v) is 10.2. The molecule has 0 aliphatic heterocycles. The number of fused-ring (bicyclic) bond motifs is 1. The van der Waals surface area contributed by atoms with Crippen molar-refractivity contribution in [3.8, 4) is 0 Å². The normalized spacial score (nSPS) is 23.6. The lowest BCUT2D eigenvalue weighted by molar-refractivity contribution is 0.0698. The fraction of sp³-hybridized carbons (Fsp3) is 0.462. The van der Waals surface area contributed by atoms with E-state index in [9.17, 15) is 9.90 Å². The molecule has 0 bridgehead atoms. The Morgan fingerprint density at radius 1 is 1.44 bits per heavy atom. The molecule has 0 spiro atoms. The van der Waals surface area contributed by atoms with Gasteiger partial charge in [0.2, 0.25) is 0 Å². The summed E-state index contributed by atoms with van der Waals surface area (Å²) in [5, 5.41) is 17.5. The van der Waals surface area contributed by atoms with Crippen molar-refractivity contribution in [1.29, 1.82) is 0 Å². The predicted molar refractivity (Wildman–Crippen MR) is 66.5 cm³/mol. The number of carboxylic acid groups (broad SMARTS) is 1. The van der Waals surface area contributed by atoms with E-state index in [1.165, 1.54) is 6.42 Å². The minimum Gasteiger partial charge on any atom is -0.478 e. The number of benzene rings is 1. The van der Waals surface area contributed by atoms with Crippen LogP contribution in [0.15, 0.2) is 18.2 Å². The number of rotatable bonds is 2. The van der Waals surface area contributed by atoms with E-state index in [1.807, 2.05) is 10.7 Å². The summed E-state index contributed by atoms with van der Waals surface area (Å²) < 4.78 is 1.81. The van der Waals surface area contributed by atoms with Crippen LogP contribution >= 0.6 is 0 Å². The van der Waals surface area contributed by atoms with E-state index < -0.39 is 5.97 Å². The highest BCUT2D eigenvalue weighted by Gasteiger charge is 2.26. The molecule has 1 heterocycles. The number of carbonyl (C=O) groups is 1. The first-order chi connectivity index (χ1) is 8.66. The minimum absolute atomic E-state index is 0.283. The lowest BCUT2D eigenvalue weighted by Crippen LogP contribution is -2.10. The SMILES string of the molecule is CC1CCC(n2nnc3cccc(C(=O)O)c32)C1. The highest BCUT2D eigenvalue weighted by atomic mass is 16.4. The zero-order chi connectivity index (χ0) is 12.7. The first-order valence-electron chi connectivity index (χ1n) is 6.24. The van der Waals surface area contributed by atoms with Crippen molar-refractivity contribution in [1.82, 2.24) is 15.0 Å². The van der Waals surface area contributed by atoms with Gasteiger partial charge in [-0.15, -0.1) is 5.10 Å². The van der Waals surface area contributed by atoms with Gasteiger partial charge >= 0.3 is 5.97 Å². The molecule has 2 atom stereocenters. The maximum absolute atomic E-state index is 11.3. The third-order valence-corrected chi connectivity index (χ3v) is 3.74. The smallest absolute Gasteiger partial charge is 0.337 e. The van der Waals surface area contributed by atoms with E-state index in [0.29, 0.717) is 17.0 Å². The average molecular weight is 245 g/mol. The largest absolute Gasteiger partial charge is 0.478 e. The maximum Gasteiger partial charge on any atom is 0.337 e. The van der Waals surface area contributed by atoms with Crippen LogP contribution in [0.2, 0.25) is 0 Å². The van der Waals surface area contributed by atoms with Crippen molar-refractivity contribution >= 4 is 17.0 Å². The summed E-state index contributed by atoms with van der Waals surface area (Å²) in [7, 11) is 0. The number of carboxylic acids is 1. The summed E-state index contributed by atoms with van der Waals surface area (Å²) in [6, 6.07) is 5.42. The zero-order valence-electron chi connectivity index (χ0n) is 10.2. The molecule has 1 N–H and O–H groups in total. The van der Waals surface area contributed by atoms with E-state index >= 15 is 0 Å². The number of aromatic carboxylic acids is 1. The second-order valence-electron chi connectivity index (χ2n) is 5.08. The van der Waals surface area contributed by atoms with E-state index in [4.69, 9.17) is 0 Å². The summed E-state index contributed by atoms with van der Waals surface area (Å²) >= 11 is 0. The fourth-order valence-corrected chi connectivity index (χ4v) is 2.82. The molecule has 1 saturated carbocycles. The predicted octanol–water partition coefficient (Wildman–Crippen LogP) is 2.49. The van der Waals surface area contributed by atoms with Gasteiger partial charge in [-0.1, -0.05) is 18.2 Å². The first-order valence-corrected chi connectivity index (χ1v) is 6.24. The number of nitrogens with zero attached hydrogens (tertiary/aromatic N) is 3. The minimum atomic E-state index is -0.921. The molecule has 2 unspecified atom stereocenters. The molecule has 5 nitrogen and oxygen atoms in total. The molecule has 0 saturated heterocycles. The standard InChI is InChI=1S/C13H15N3O2/c1-8-5-6-9(7-8)16-12-10(13(17)18)3-2-4-11(12)14-15-16/h2-4,8-9H,5-7H2,1H3,(H,17,18). The molecule has 1 fully saturated rings. The van der Waals surface area contributed by atoms with Crippen LogP contribution < -0.4 is 0 Å². The van der Waals surface area contributed by atoms with Crippen molar-refractivity contribution in [2.75, 3.05) is 0 Å². The summed E-state index contributed by atoms with van der Waals surface area (Å²) in [5.41, 5.74) is 1.61. The van der Waals surface area contributed by atoms with Crippen LogP contribution in [-0.2, 0) is 0 Å². The fourth-order valence-electron chi connectivity index (χ4n) is 2.82. The monoisotopic (exact) mass is 245 g/mol. The number of para-hydroxylation sites is 1. The Kier molecular flexibility index (Phi) is 2.54. The molecule has 1 aromatic carbocycles. The lowest BCUT2D eigenvalue weighted by Gasteiger charge is -2.11. The number of hydrogen-bond donors (Lipinski definition) is 1. The average Bonchev–Trinajstić information content (AvgIpc) is 2.94. The molecular formula is C13H15N3O2. The van der Waals surface area contributed by atoms with E-state index in [2.05, 4.69) is 17.2 Å². The van der Waals surface area contributed by atoms with Crippen LogP contribution in [0.1, 0.15) is 42.6 Å². The highest BCUT2D eigenvalue weighted by Crippen LogP contribution is 2.35. The molecule has 18 heavy (non-hydrogen) atoms. The highest BCUT2D eigenvalue weighted by molar-refractivity contribution is 6.00. The van der Waals surface area contributed by atoms with Gasteiger partial charge in [-0.3, -0.25) is 0 Å². The number of hydrogen-bond acceptors (Lipinski definition) is 3. The molecule has 3 rings (SSSR count). The van der Waals surface area contributed by atoms with Gasteiger partial charge in [-0.25, -0.2) is 9.48 Å². The number of aromatic nitrogens is 3. The molecular weight excluding hydrogens is 230 g/mol. The van der Waals surface area contributed by atoms with Crippen molar-refractivity contribution in [3.63, 3.8) is 0 Å². The van der Waals surface area contributed by atoms with Gasteiger partial charge in [-0.2, -0.15) is 0 Å². The van der Waals surface area contributed by atoms with Gasteiger partial charge in [0.05, 0.1) is 11.6 Å². The van der Waals surface area contributed by atoms with Gasteiger partial charge in [0.25, 0.3) is 0 Å². The van der Waals surface area contributed by atoms with Gasteiger partial charge in [0.1, 0.15) is 11.0 Å². The second kappa shape index (κ2) is 4.08. The van der Waals surface area contributed by atoms with Crippen molar-refractivity contribution in [2.24, 2.45) is 5.92 Å². The van der Waals surface area contributed by atoms with Crippen LogP contribution in [-0.4, -0.2) is 26.1 Å². The molecule has 1 aliphatic carbocycles. The van der Waals surface area contributed by atoms with E-state index in [-0.39, 0.29) is 11.6 Å². The van der Waals surface area contributed by atoms with E-state index in [1.54, 1.807) is 12.1 Å². The third-order valence-electron chi connectivity index (χ3n) is 3.74. The Hall–Kier alpha value is -1.91. The molecule has 94 valence electrons. The molecule has 5 heteroatoms. The van der Waals surface area contributed by atoms with Crippen LogP contribution in [0.25, 0.3) is 11.0 Å². The third kappa shape index (κ3) is 1.66. The Balaban J connectivity index is 2.15. The van der Waals surface area contributed by atoms with Crippen LogP contribution in [0, 0.1) is 5.92 Å². The topological polar surface area (TPSA) is 68.0 Å². The van der Waals surface area contributed by atoms with Crippen LogP contribution in [0.3, 0.4) is 0 Å². The molecule has 1 aromatic heterocycles. The quantitative estimate of drug-likeness (QED) is 0.882. The summed E-state index contributed by atoms with van der Waals surface area (Å²) in [5.74, 6) is -0.249. The summed E-state index contributed by atoms with van der Waals surface area (Å²) in [6.45, 7) is 2.22. The Labute approximate surface area is 104 Å². The second-order valence-corrected chi connectivity index (χ2v) is 5.08. The molecule has 2 aromatic rings. The van der Waals surface area contributed by atoms with Crippen molar-refractivity contribution in [3.05, 3.63) is 23.8 Å². The van der Waals surface area contributed by atoms with E-state index in [0.717, 1.165) is 12.8 Å². The Morgan fingerprint density at radius 2 is 2.28 bits per heavy atom. The van der Waals surface area contributed by atoms with Crippen LogP contribution in [0.5, 0.6) is 0 Å². The van der Waals surface area contributed by atoms with Gasteiger partial charge in [-0.05, 0) is 37.3 Å². The van der Waals surface area contributed by atoms with Crippen LogP contribution in [0.4, 0.5) is 0 Å². The Morgan fingerprint density at radius 3 is 2.94 bits per heavy atom. The van der Waals surface area contributed by atoms with Crippen molar-refractivity contribution < 1.29 is 9.90 Å². The summed E-state index contributed by atoms with van der Waals surface area (Å²) in [6.07, 6.45) is 3.27. The van der Waals surface area contributed by atoms with Gasteiger partial charge in [0, 0.05) is 0 Å². The Bertz CT molecular complexity index is 605. The summed E-state index contributed by atoms with van der Waals surface area (Å²) in [4.78, 5) is 11.3. The first kappa shape index (κ1) is 11.2.